The van der Waals surface area contributed by atoms with Crippen molar-refractivity contribution >= 4 is 23.3 Å². The Balaban J connectivity index is 2.02. The summed E-state index contributed by atoms with van der Waals surface area (Å²) >= 11 is 0. The van der Waals surface area contributed by atoms with Crippen LogP contribution in [0.5, 0.6) is 0 Å². The molecule has 7 nitrogen and oxygen atoms in total. The molecule has 1 atom stereocenters. The highest BCUT2D eigenvalue weighted by atomic mass is 16.5. The molecule has 0 aliphatic carbocycles. The first-order valence-corrected chi connectivity index (χ1v) is 6.87. The maximum Gasteiger partial charge on any atom is 0.340 e. The van der Waals surface area contributed by atoms with Gasteiger partial charge in [0.05, 0.1) is 18.0 Å². The van der Waals surface area contributed by atoms with Gasteiger partial charge < -0.3 is 10.1 Å². The molecule has 0 saturated carbocycles. The fourth-order valence-corrected chi connectivity index (χ4v) is 1.85. The first-order chi connectivity index (χ1) is 11.0. The molecule has 1 amide bonds. The molecule has 118 valence electrons. The highest BCUT2D eigenvalue weighted by Gasteiger charge is 2.20. The minimum Gasteiger partial charge on any atom is -0.451 e. The number of anilines is 1. The van der Waals surface area contributed by atoms with Crippen LogP contribution in [0.2, 0.25) is 0 Å². The summed E-state index contributed by atoms with van der Waals surface area (Å²) in [6, 6.07) is 7.79. The molecule has 0 unspecified atom stereocenters. The van der Waals surface area contributed by atoms with E-state index in [1.807, 2.05) is 0 Å². The standard InChI is InChI=1S/C16H15N3O4/c1-10(23-16(22)13-7-8-17-18-9-13)15(21)12-3-5-14(6-4-12)19-11(2)20/h3-10H,1-2H3,(H,19,20)/t10-/m0/s1. The number of benzene rings is 1. The van der Waals surface area contributed by atoms with Gasteiger partial charge in [0.15, 0.2) is 6.10 Å². The molecule has 1 aromatic heterocycles. The third-order valence-electron chi connectivity index (χ3n) is 2.96. The van der Waals surface area contributed by atoms with E-state index in [2.05, 4.69) is 15.5 Å². The summed E-state index contributed by atoms with van der Waals surface area (Å²) in [5.74, 6) is -1.18. The molecule has 0 saturated heterocycles. The first-order valence-electron chi connectivity index (χ1n) is 6.87. The van der Waals surface area contributed by atoms with E-state index in [9.17, 15) is 14.4 Å². The van der Waals surface area contributed by atoms with Gasteiger partial charge in [-0.1, -0.05) is 0 Å². The molecule has 2 aromatic rings. The number of esters is 1. The molecule has 2 rings (SSSR count). The Morgan fingerprint density at radius 3 is 2.30 bits per heavy atom. The molecule has 7 heteroatoms. The topological polar surface area (TPSA) is 98.2 Å². The number of hydrogen-bond donors (Lipinski definition) is 1. The molecule has 0 fully saturated rings. The van der Waals surface area contributed by atoms with Gasteiger partial charge in [0.2, 0.25) is 11.7 Å². The molecular formula is C16H15N3O4. The lowest BCUT2D eigenvalue weighted by Gasteiger charge is -2.12. The molecule has 0 bridgehead atoms. The second kappa shape index (κ2) is 7.26. The number of aromatic nitrogens is 2. The molecule has 0 spiro atoms. The summed E-state index contributed by atoms with van der Waals surface area (Å²) in [5.41, 5.74) is 1.19. The maximum absolute atomic E-state index is 12.3. The predicted octanol–water partition coefficient (Wildman–Crippen LogP) is 1.86. The Bertz CT molecular complexity index is 714. The van der Waals surface area contributed by atoms with Crippen LogP contribution in [0, 0.1) is 0 Å². The average Bonchev–Trinajstić information content (AvgIpc) is 2.55. The zero-order chi connectivity index (χ0) is 16.8. The number of carbonyl (C=O) groups excluding carboxylic acids is 3. The van der Waals surface area contributed by atoms with Crippen LogP contribution < -0.4 is 5.32 Å². The van der Waals surface area contributed by atoms with Gasteiger partial charge >= 0.3 is 5.97 Å². The number of rotatable bonds is 5. The summed E-state index contributed by atoms with van der Waals surface area (Å²) in [4.78, 5) is 35.1. The zero-order valence-electron chi connectivity index (χ0n) is 12.6. The maximum atomic E-state index is 12.3. The number of ether oxygens (including phenoxy) is 1. The van der Waals surface area contributed by atoms with Gasteiger partial charge in [-0.2, -0.15) is 10.2 Å². The second-order valence-electron chi connectivity index (χ2n) is 4.80. The van der Waals surface area contributed by atoms with Gasteiger partial charge in [-0.15, -0.1) is 0 Å². The van der Waals surface area contributed by atoms with Crippen molar-refractivity contribution in [3.63, 3.8) is 0 Å². The van der Waals surface area contributed by atoms with Crippen LogP contribution >= 0.6 is 0 Å². The SMILES string of the molecule is CC(=O)Nc1ccc(C(=O)[C@H](C)OC(=O)c2ccnnc2)cc1. The van der Waals surface area contributed by atoms with Gasteiger partial charge in [0.1, 0.15) is 0 Å². The van der Waals surface area contributed by atoms with Crippen molar-refractivity contribution in [3.8, 4) is 0 Å². The van der Waals surface area contributed by atoms with Crippen molar-refractivity contribution in [2.24, 2.45) is 0 Å². The third-order valence-corrected chi connectivity index (χ3v) is 2.96. The molecule has 0 aliphatic rings. The lowest BCUT2D eigenvalue weighted by Crippen LogP contribution is -2.24. The van der Waals surface area contributed by atoms with Gasteiger partial charge in [0, 0.05) is 18.2 Å². The van der Waals surface area contributed by atoms with Gasteiger partial charge in [0.25, 0.3) is 0 Å². The van der Waals surface area contributed by atoms with Crippen LogP contribution in [0.15, 0.2) is 42.7 Å². The van der Waals surface area contributed by atoms with Crippen LogP contribution in [-0.4, -0.2) is 34.0 Å². The summed E-state index contributed by atoms with van der Waals surface area (Å²) in [7, 11) is 0. The van der Waals surface area contributed by atoms with E-state index >= 15 is 0 Å². The van der Waals surface area contributed by atoms with Gasteiger partial charge in [-0.25, -0.2) is 4.79 Å². The largest absolute Gasteiger partial charge is 0.451 e. The molecule has 1 heterocycles. The third kappa shape index (κ3) is 4.44. The Labute approximate surface area is 132 Å². The number of ketones is 1. The predicted molar refractivity (Wildman–Crippen MR) is 82.0 cm³/mol. The van der Waals surface area contributed by atoms with Gasteiger partial charge in [-0.3, -0.25) is 9.59 Å². The molecule has 1 N–H and O–H groups in total. The molecule has 0 radical (unpaired) electrons. The summed E-state index contributed by atoms with van der Waals surface area (Å²) in [5, 5.41) is 9.75. The van der Waals surface area contributed by atoms with Crippen molar-refractivity contribution in [3.05, 3.63) is 53.9 Å². The van der Waals surface area contributed by atoms with Crippen molar-refractivity contribution in [2.45, 2.75) is 20.0 Å². The van der Waals surface area contributed by atoms with E-state index in [4.69, 9.17) is 4.74 Å². The summed E-state index contributed by atoms with van der Waals surface area (Å²) in [6.45, 7) is 2.89. The van der Waals surface area contributed by atoms with Crippen molar-refractivity contribution in [2.75, 3.05) is 5.32 Å². The minimum atomic E-state index is -0.942. The smallest absolute Gasteiger partial charge is 0.340 e. The Morgan fingerprint density at radius 2 is 1.74 bits per heavy atom. The molecule has 0 aliphatic heterocycles. The quantitative estimate of drug-likeness (QED) is 0.668. The summed E-state index contributed by atoms with van der Waals surface area (Å²) in [6.07, 6.45) is 1.69. The zero-order valence-corrected chi connectivity index (χ0v) is 12.6. The highest BCUT2D eigenvalue weighted by molar-refractivity contribution is 6.01. The second-order valence-corrected chi connectivity index (χ2v) is 4.80. The van der Waals surface area contributed by atoms with E-state index in [-0.39, 0.29) is 17.3 Å². The molecule has 1 aromatic carbocycles. The number of hydrogen-bond acceptors (Lipinski definition) is 6. The lowest BCUT2D eigenvalue weighted by atomic mass is 10.1. The van der Waals surface area contributed by atoms with E-state index in [0.29, 0.717) is 11.3 Å². The van der Waals surface area contributed by atoms with Crippen LogP contribution in [0.3, 0.4) is 0 Å². The highest BCUT2D eigenvalue weighted by Crippen LogP contribution is 2.13. The Morgan fingerprint density at radius 1 is 1.04 bits per heavy atom. The van der Waals surface area contributed by atoms with Crippen LogP contribution in [0.25, 0.3) is 0 Å². The monoisotopic (exact) mass is 313 g/mol. The fraction of sp³-hybridized carbons (Fsp3) is 0.188. The van der Waals surface area contributed by atoms with E-state index < -0.39 is 12.1 Å². The van der Waals surface area contributed by atoms with E-state index in [1.165, 1.54) is 32.3 Å². The van der Waals surface area contributed by atoms with Crippen LogP contribution in [0.1, 0.15) is 34.6 Å². The number of Topliss-reactive ketones (excluding diaryl/α,β-unsaturated/α-hetero) is 1. The fourth-order valence-electron chi connectivity index (χ4n) is 1.85. The van der Waals surface area contributed by atoms with E-state index in [1.54, 1.807) is 24.3 Å². The van der Waals surface area contributed by atoms with Crippen LogP contribution in [-0.2, 0) is 9.53 Å². The van der Waals surface area contributed by atoms with Crippen molar-refractivity contribution < 1.29 is 19.1 Å². The number of nitrogens with zero attached hydrogens (tertiary/aromatic N) is 2. The molecule has 23 heavy (non-hydrogen) atoms. The number of amides is 1. The van der Waals surface area contributed by atoms with Crippen molar-refractivity contribution in [1.29, 1.82) is 0 Å². The van der Waals surface area contributed by atoms with Crippen LogP contribution in [0.4, 0.5) is 5.69 Å². The Kier molecular flexibility index (Phi) is 5.14. The Hall–Kier alpha value is -3.09. The minimum absolute atomic E-state index is 0.197. The van der Waals surface area contributed by atoms with E-state index in [0.717, 1.165) is 0 Å². The number of carbonyl (C=O) groups is 3. The normalized spacial score (nSPS) is 11.4. The average molecular weight is 313 g/mol. The number of nitrogens with one attached hydrogen (secondary N) is 1. The van der Waals surface area contributed by atoms with Crippen molar-refractivity contribution in [1.82, 2.24) is 10.2 Å². The first kappa shape index (κ1) is 16.3. The summed E-state index contributed by atoms with van der Waals surface area (Å²) < 4.78 is 5.12. The van der Waals surface area contributed by atoms with Gasteiger partial charge in [-0.05, 0) is 37.3 Å². The lowest BCUT2D eigenvalue weighted by molar-refractivity contribution is -0.114. The molecular weight excluding hydrogens is 298 g/mol.